The second kappa shape index (κ2) is 8.65. The topological polar surface area (TPSA) is 72.9 Å². The molecule has 6 nitrogen and oxygen atoms in total. The second-order valence-electron chi connectivity index (χ2n) is 6.56. The van der Waals surface area contributed by atoms with Crippen LogP contribution in [0.1, 0.15) is 39.2 Å². The Morgan fingerprint density at radius 2 is 1.88 bits per heavy atom. The Kier molecular flexibility index (Phi) is 6.56. The summed E-state index contributed by atoms with van der Waals surface area (Å²) in [4.78, 5) is 37.9. The van der Waals surface area contributed by atoms with E-state index in [1.54, 1.807) is 0 Å². The van der Waals surface area contributed by atoms with Gasteiger partial charge in [-0.05, 0) is 24.3 Å². The largest absolute Gasteiger partial charge is 0.459 e. The maximum Gasteiger partial charge on any atom is 0.329 e. The van der Waals surface area contributed by atoms with Gasteiger partial charge in [0.1, 0.15) is 12.6 Å². The molecule has 0 aliphatic carbocycles. The van der Waals surface area contributed by atoms with Crippen LogP contribution in [0.15, 0.2) is 30.3 Å². The Balaban J connectivity index is 2.01. The van der Waals surface area contributed by atoms with Gasteiger partial charge in [0.25, 0.3) is 5.91 Å². The van der Waals surface area contributed by atoms with E-state index >= 15 is 0 Å². The first-order chi connectivity index (χ1) is 11.9. The minimum absolute atomic E-state index is 0.169. The van der Waals surface area contributed by atoms with Gasteiger partial charge in [0.05, 0.1) is 0 Å². The van der Waals surface area contributed by atoms with Crippen LogP contribution in [0.25, 0.3) is 0 Å². The Morgan fingerprint density at radius 1 is 1.20 bits per heavy atom. The van der Waals surface area contributed by atoms with Gasteiger partial charge in [0.2, 0.25) is 0 Å². The molecule has 0 radical (unpaired) electrons. The molecule has 1 aliphatic rings. The molecule has 0 saturated carbocycles. The monoisotopic (exact) mass is 347 g/mol. The lowest BCUT2D eigenvalue weighted by Gasteiger charge is -2.29. The molecule has 1 aromatic rings. The molecule has 6 heteroatoms. The summed E-state index contributed by atoms with van der Waals surface area (Å²) >= 11 is 0. The number of amides is 1. The van der Waals surface area contributed by atoms with Crippen molar-refractivity contribution in [1.29, 1.82) is 0 Å². The van der Waals surface area contributed by atoms with Crippen molar-refractivity contribution in [1.82, 2.24) is 4.90 Å². The maximum atomic E-state index is 12.8. The first-order valence-corrected chi connectivity index (χ1v) is 8.58. The maximum absolute atomic E-state index is 12.8. The smallest absolute Gasteiger partial charge is 0.329 e. The van der Waals surface area contributed by atoms with Crippen LogP contribution in [-0.2, 0) is 30.5 Å². The molecule has 25 heavy (non-hydrogen) atoms. The minimum atomic E-state index is -0.875. The first kappa shape index (κ1) is 19.0. The summed E-state index contributed by atoms with van der Waals surface area (Å²) in [5.74, 6) is -1.42. The fraction of sp³-hybridized carbons (Fsp3) is 0.526. The van der Waals surface area contributed by atoms with Crippen molar-refractivity contribution in [3.05, 3.63) is 35.9 Å². The Bertz CT molecular complexity index is 614. The average molecular weight is 347 g/mol. The van der Waals surface area contributed by atoms with Gasteiger partial charge in [0.15, 0.2) is 6.10 Å². The summed E-state index contributed by atoms with van der Waals surface area (Å²) in [5.41, 5.74) is 0.895. The molecule has 0 spiro atoms. The lowest BCUT2D eigenvalue weighted by molar-refractivity contribution is -0.165. The van der Waals surface area contributed by atoms with E-state index in [1.165, 1.54) is 11.8 Å². The van der Waals surface area contributed by atoms with Gasteiger partial charge >= 0.3 is 11.9 Å². The van der Waals surface area contributed by atoms with Crippen LogP contribution in [0.2, 0.25) is 0 Å². The van der Waals surface area contributed by atoms with Crippen molar-refractivity contribution in [2.24, 2.45) is 5.92 Å². The van der Waals surface area contributed by atoms with Gasteiger partial charge in [-0.3, -0.25) is 9.59 Å². The molecular weight excluding hydrogens is 322 g/mol. The van der Waals surface area contributed by atoms with E-state index < -0.39 is 24.1 Å². The molecule has 1 saturated heterocycles. The molecule has 0 aromatic heterocycles. The van der Waals surface area contributed by atoms with E-state index in [9.17, 15) is 14.4 Å². The van der Waals surface area contributed by atoms with Crippen LogP contribution in [0.3, 0.4) is 0 Å². The number of carbonyl (C=O) groups is 3. The number of ether oxygens (including phenoxy) is 2. The number of carbonyl (C=O) groups excluding carboxylic acids is 3. The van der Waals surface area contributed by atoms with Crippen molar-refractivity contribution < 1.29 is 23.9 Å². The molecule has 1 aliphatic heterocycles. The Morgan fingerprint density at radius 3 is 2.48 bits per heavy atom. The third kappa shape index (κ3) is 5.05. The number of likely N-dealkylation sites (tertiary alicyclic amines) is 1. The molecule has 2 atom stereocenters. The fourth-order valence-electron chi connectivity index (χ4n) is 2.91. The number of nitrogens with zero attached hydrogens (tertiary/aromatic N) is 1. The van der Waals surface area contributed by atoms with E-state index in [2.05, 4.69) is 0 Å². The van der Waals surface area contributed by atoms with E-state index in [0.717, 1.165) is 12.0 Å². The summed E-state index contributed by atoms with van der Waals surface area (Å²) in [5, 5.41) is 0. The average Bonchev–Trinajstić information content (AvgIpc) is 3.07. The van der Waals surface area contributed by atoms with E-state index in [0.29, 0.717) is 13.0 Å². The fourth-order valence-corrected chi connectivity index (χ4v) is 2.91. The Labute approximate surface area is 148 Å². The predicted molar refractivity (Wildman–Crippen MR) is 91.4 cm³/mol. The lowest BCUT2D eigenvalue weighted by atomic mass is 10.1. The highest BCUT2D eigenvalue weighted by Gasteiger charge is 2.40. The highest BCUT2D eigenvalue weighted by molar-refractivity contribution is 5.89. The van der Waals surface area contributed by atoms with Crippen LogP contribution >= 0.6 is 0 Å². The van der Waals surface area contributed by atoms with Crippen LogP contribution in [-0.4, -0.2) is 41.4 Å². The molecule has 1 fully saturated rings. The van der Waals surface area contributed by atoms with Crippen molar-refractivity contribution in [2.75, 3.05) is 6.54 Å². The minimum Gasteiger partial charge on any atom is -0.459 e. The third-order valence-electron chi connectivity index (χ3n) is 4.17. The van der Waals surface area contributed by atoms with Gasteiger partial charge in [-0.25, -0.2) is 4.79 Å². The second-order valence-corrected chi connectivity index (χ2v) is 6.56. The lowest BCUT2D eigenvalue weighted by Crippen LogP contribution is -2.48. The van der Waals surface area contributed by atoms with Crippen LogP contribution in [0.4, 0.5) is 0 Å². The number of rotatable bonds is 6. The van der Waals surface area contributed by atoms with Gasteiger partial charge in [-0.2, -0.15) is 0 Å². The Hall–Kier alpha value is -2.37. The third-order valence-corrected chi connectivity index (χ3v) is 4.17. The SMILES string of the molecule is CC(=O)O[C@H](C(=O)N1CCCC1C(=O)OCc1ccccc1)C(C)C. The normalized spacial score (nSPS) is 18.1. The van der Waals surface area contributed by atoms with E-state index in [1.807, 2.05) is 44.2 Å². The number of benzene rings is 1. The zero-order chi connectivity index (χ0) is 18.4. The first-order valence-electron chi connectivity index (χ1n) is 8.58. The predicted octanol–water partition coefficient (Wildman–Crippen LogP) is 2.31. The summed E-state index contributed by atoms with van der Waals surface area (Å²) < 4.78 is 10.5. The zero-order valence-corrected chi connectivity index (χ0v) is 14.9. The van der Waals surface area contributed by atoms with Gasteiger partial charge in [-0.15, -0.1) is 0 Å². The molecule has 1 unspecified atom stereocenters. The summed E-state index contributed by atoms with van der Waals surface area (Å²) in [6.07, 6.45) is 0.409. The molecule has 1 amide bonds. The van der Waals surface area contributed by atoms with Crippen molar-refractivity contribution in [3.63, 3.8) is 0 Å². The number of hydrogen-bond acceptors (Lipinski definition) is 5. The summed E-state index contributed by atoms with van der Waals surface area (Å²) in [6.45, 7) is 5.54. The van der Waals surface area contributed by atoms with Crippen molar-refractivity contribution in [3.8, 4) is 0 Å². The molecule has 0 N–H and O–H groups in total. The molecule has 136 valence electrons. The summed E-state index contributed by atoms with van der Waals surface area (Å²) in [7, 11) is 0. The van der Waals surface area contributed by atoms with Gasteiger partial charge in [-0.1, -0.05) is 44.2 Å². The molecule has 1 heterocycles. The molecular formula is C19H25NO5. The van der Waals surface area contributed by atoms with Crippen molar-refractivity contribution in [2.45, 2.75) is 52.4 Å². The van der Waals surface area contributed by atoms with Gasteiger partial charge < -0.3 is 14.4 Å². The molecule has 1 aromatic carbocycles. The van der Waals surface area contributed by atoms with Crippen LogP contribution in [0, 0.1) is 5.92 Å². The molecule has 0 bridgehead atoms. The standard InChI is InChI=1S/C19H25NO5/c1-13(2)17(25-14(3)21)18(22)20-11-7-10-16(20)19(23)24-12-15-8-5-4-6-9-15/h4-6,8-9,13,16-17H,7,10-12H2,1-3H3/t16?,17-/m0/s1. The van der Waals surface area contributed by atoms with Crippen LogP contribution < -0.4 is 0 Å². The number of esters is 2. The van der Waals surface area contributed by atoms with Crippen molar-refractivity contribution >= 4 is 17.8 Å². The van der Waals surface area contributed by atoms with E-state index in [4.69, 9.17) is 9.47 Å². The van der Waals surface area contributed by atoms with Gasteiger partial charge in [0, 0.05) is 13.5 Å². The number of hydrogen-bond donors (Lipinski definition) is 0. The molecule has 2 rings (SSSR count). The quantitative estimate of drug-likeness (QED) is 0.739. The highest BCUT2D eigenvalue weighted by atomic mass is 16.5. The highest BCUT2D eigenvalue weighted by Crippen LogP contribution is 2.23. The zero-order valence-electron chi connectivity index (χ0n) is 14.9. The summed E-state index contributed by atoms with van der Waals surface area (Å²) in [6, 6.07) is 8.78. The van der Waals surface area contributed by atoms with Crippen LogP contribution in [0.5, 0.6) is 0 Å². The van der Waals surface area contributed by atoms with E-state index in [-0.39, 0.29) is 18.4 Å².